The summed E-state index contributed by atoms with van der Waals surface area (Å²) in [5, 5.41) is 3.58. The van der Waals surface area contributed by atoms with Crippen LogP contribution in [0.2, 0.25) is 0 Å². The first-order valence-corrected chi connectivity index (χ1v) is 9.62. The molecule has 1 aromatic heterocycles. The minimum atomic E-state index is -4.08. The number of aryl methyl sites for hydroxylation is 1. The lowest BCUT2D eigenvalue weighted by atomic mass is 9.86. The second kappa shape index (κ2) is 8.03. The molecule has 1 saturated heterocycles. The molecule has 0 radical (unpaired) electrons. The molecular formula is C19H29F3N4. The van der Waals surface area contributed by atoms with Gasteiger partial charge in [-0.3, -0.25) is 0 Å². The van der Waals surface area contributed by atoms with Crippen LogP contribution < -0.4 is 16.0 Å². The fourth-order valence-electron chi connectivity index (χ4n) is 4.07. The lowest BCUT2D eigenvalue weighted by molar-refractivity contribution is -0.179. The van der Waals surface area contributed by atoms with Gasteiger partial charge in [-0.2, -0.15) is 13.2 Å². The molecule has 0 bridgehead atoms. The molecule has 2 fully saturated rings. The Labute approximate surface area is 153 Å². The van der Waals surface area contributed by atoms with Gasteiger partial charge in [-0.15, -0.1) is 0 Å². The average Bonchev–Trinajstić information content (AvgIpc) is 2.63. The van der Waals surface area contributed by atoms with Crippen LogP contribution in [0.25, 0.3) is 0 Å². The zero-order valence-electron chi connectivity index (χ0n) is 15.4. The monoisotopic (exact) mass is 370 g/mol. The van der Waals surface area contributed by atoms with Crippen molar-refractivity contribution in [2.24, 2.45) is 17.6 Å². The first-order chi connectivity index (χ1) is 12.4. The van der Waals surface area contributed by atoms with Gasteiger partial charge in [-0.25, -0.2) is 4.98 Å². The van der Waals surface area contributed by atoms with Crippen LogP contribution in [0.15, 0.2) is 12.1 Å². The number of pyridine rings is 1. The highest BCUT2D eigenvalue weighted by atomic mass is 19.4. The standard InChI is InChI=1S/C19H29F3N4/c1-13-17(25-16-4-2-14(12-23)3-5-16)6-7-18(24-13)26-10-8-15(9-11-26)19(20,21)22/h6-7,14-16,25H,2-5,8-12,23H2,1H3. The third-order valence-corrected chi connectivity index (χ3v) is 5.89. The normalized spacial score (nSPS) is 25.3. The molecule has 146 valence electrons. The molecule has 0 atom stereocenters. The Hall–Kier alpha value is -1.50. The Morgan fingerprint density at radius 1 is 1.12 bits per heavy atom. The van der Waals surface area contributed by atoms with Crippen LogP contribution in [0.1, 0.15) is 44.2 Å². The van der Waals surface area contributed by atoms with Gasteiger partial charge in [0.2, 0.25) is 0 Å². The molecule has 3 N–H and O–H groups in total. The maximum Gasteiger partial charge on any atom is 0.391 e. The van der Waals surface area contributed by atoms with Gasteiger partial charge in [0, 0.05) is 19.1 Å². The molecular weight excluding hydrogens is 341 g/mol. The predicted octanol–water partition coefficient (Wildman–Crippen LogP) is 4.10. The van der Waals surface area contributed by atoms with E-state index in [1.807, 2.05) is 24.0 Å². The Morgan fingerprint density at radius 2 is 1.77 bits per heavy atom. The summed E-state index contributed by atoms with van der Waals surface area (Å²) in [4.78, 5) is 6.61. The van der Waals surface area contributed by atoms with Crippen LogP contribution in [0.3, 0.4) is 0 Å². The average molecular weight is 370 g/mol. The van der Waals surface area contributed by atoms with Crippen molar-refractivity contribution in [1.82, 2.24) is 4.98 Å². The van der Waals surface area contributed by atoms with Crippen molar-refractivity contribution < 1.29 is 13.2 Å². The summed E-state index contributed by atoms with van der Waals surface area (Å²) in [6, 6.07) is 4.39. The fourth-order valence-corrected chi connectivity index (χ4v) is 4.07. The number of nitrogens with two attached hydrogens (primary N) is 1. The molecule has 1 saturated carbocycles. The second-order valence-corrected chi connectivity index (χ2v) is 7.70. The first-order valence-electron chi connectivity index (χ1n) is 9.62. The number of alkyl halides is 3. The van der Waals surface area contributed by atoms with Crippen LogP contribution in [0, 0.1) is 18.8 Å². The number of halogens is 3. The largest absolute Gasteiger partial charge is 0.391 e. The minimum Gasteiger partial charge on any atom is -0.381 e. The lowest BCUT2D eigenvalue weighted by Gasteiger charge is -2.34. The SMILES string of the molecule is Cc1nc(N2CCC(C(F)(F)F)CC2)ccc1NC1CCC(CN)CC1. The smallest absolute Gasteiger partial charge is 0.381 e. The quantitative estimate of drug-likeness (QED) is 0.838. The highest BCUT2D eigenvalue weighted by Gasteiger charge is 2.41. The van der Waals surface area contributed by atoms with Gasteiger partial charge in [0.25, 0.3) is 0 Å². The van der Waals surface area contributed by atoms with Crippen LogP contribution in [0.5, 0.6) is 0 Å². The fraction of sp³-hybridized carbons (Fsp3) is 0.737. The van der Waals surface area contributed by atoms with Gasteiger partial charge >= 0.3 is 6.18 Å². The van der Waals surface area contributed by atoms with Crippen LogP contribution >= 0.6 is 0 Å². The Balaban J connectivity index is 1.56. The van der Waals surface area contributed by atoms with E-state index in [-0.39, 0.29) is 12.8 Å². The van der Waals surface area contributed by atoms with Crippen LogP contribution in [0.4, 0.5) is 24.7 Å². The Kier molecular flexibility index (Phi) is 5.95. The topological polar surface area (TPSA) is 54.2 Å². The highest BCUT2D eigenvalue weighted by molar-refractivity contribution is 5.54. The zero-order valence-corrected chi connectivity index (χ0v) is 15.4. The minimum absolute atomic E-state index is 0.147. The number of hydrogen-bond donors (Lipinski definition) is 2. The number of anilines is 2. The summed E-state index contributed by atoms with van der Waals surface area (Å²) in [7, 11) is 0. The van der Waals surface area contributed by atoms with E-state index in [1.165, 1.54) is 0 Å². The van der Waals surface area contributed by atoms with Crippen LogP contribution in [-0.4, -0.2) is 36.8 Å². The van der Waals surface area contributed by atoms with Crippen molar-refractivity contribution in [3.8, 4) is 0 Å². The molecule has 0 unspecified atom stereocenters. The maximum absolute atomic E-state index is 12.8. The van der Waals surface area contributed by atoms with Gasteiger partial charge in [0.1, 0.15) is 5.82 Å². The van der Waals surface area contributed by atoms with Gasteiger partial charge in [-0.05, 0) is 70.0 Å². The number of nitrogens with zero attached hydrogens (tertiary/aromatic N) is 2. The van der Waals surface area contributed by atoms with Crippen molar-refractivity contribution >= 4 is 11.5 Å². The number of nitrogens with one attached hydrogen (secondary N) is 1. The molecule has 0 aromatic carbocycles. The van der Waals surface area contributed by atoms with E-state index >= 15 is 0 Å². The summed E-state index contributed by atoms with van der Waals surface area (Å²) in [6.45, 7) is 3.55. The number of aromatic nitrogens is 1. The molecule has 1 aliphatic heterocycles. The highest BCUT2D eigenvalue weighted by Crippen LogP contribution is 2.35. The molecule has 2 aliphatic rings. The summed E-state index contributed by atoms with van der Waals surface area (Å²) in [5.41, 5.74) is 7.68. The van der Waals surface area contributed by atoms with Crippen LogP contribution in [-0.2, 0) is 0 Å². The third kappa shape index (κ3) is 4.61. The summed E-state index contributed by atoms with van der Waals surface area (Å²) >= 11 is 0. The zero-order chi connectivity index (χ0) is 18.7. The van der Waals surface area contributed by atoms with E-state index in [2.05, 4.69) is 10.3 Å². The molecule has 26 heavy (non-hydrogen) atoms. The van der Waals surface area contributed by atoms with Crippen molar-refractivity contribution in [2.75, 3.05) is 29.9 Å². The van der Waals surface area contributed by atoms with Crippen molar-refractivity contribution in [2.45, 2.75) is 57.7 Å². The van der Waals surface area contributed by atoms with Crippen molar-refractivity contribution in [3.63, 3.8) is 0 Å². The molecule has 2 heterocycles. The summed E-state index contributed by atoms with van der Waals surface area (Å²) < 4.78 is 38.4. The molecule has 0 amide bonds. The van der Waals surface area contributed by atoms with E-state index in [4.69, 9.17) is 5.73 Å². The number of hydrogen-bond acceptors (Lipinski definition) is 4. The summed E-state index contributed by atoms with van der Waals surface area (Å²) in [5.74, 6) is 0.249. The van der Waals surface area contributed by atoms with E-state index in [9.17, 15) is 13.2 Å². The van der Waals surface area contributed by atoms with Crippen molar-refractivity contribution in [1.29, 1.82) is 0 Å². The maximum atomic E-state index is 12.8. The Bertz CT molecular complexity index is 589. The van der Waals surface area contributed by atoms with E-state index < -0.39 is 12.1 Å². The Morgan fingerprint density at radius 3 is 2.31 bits per heavy atom. The van der Waals surface area contributed by atoms with E-state index in [1.54, 1.807) is 0 Å². The first kappa shape index (κ1) is 19.3. The van der Waals surface area contributed by atoms with E-state index in [0.717, 1.165) is 49.4 Å². The molecule has 1 aliphatic carbocycles. The van der Waals surface area contributed by atoms with E-state index in [0.29, 0.717) is 25.0 Å². The van der Waals surface area contributed by atoms with Gasteiger partial charge in [0.05, 0.1) is 17.3 Å². The van der Waals surface area contributed by atoms with Gasteiger partial charge in [-0.1, -0.05) is 0 Å². The third-order valence-electron chi connectivity index (χ3n) is 5.89. The van der Waals surface area contributed by atoms with Crippen molar-refractivity contribution in [3.05, 3.63) is 17.8 Å². The molecule has 3 rings (SSSR count). The molecule has 1 aromatic rings. The molecule has 0 spiro atoms. The molecule has 4 nitrogen and oxygen atoms in total. The second-order valence-electron chi connectivity index (χ2n) is 7.70. The van der Waals surface area contributed by atoms with Gasteiger partial charge in [0.15, 0.2) is 0 Å². The lowest BCUT2D eigenvalue weighted by Crippen LogP contribution is -2.39. The summed E-state index contributed by atoms with van der Waals surface area (Å²) in [6.07, 6.45) is 0.775. The molecule has 7 heteroatoms. The predicted molar refractivity (Wildman–Crippen MR) is 98.4 cm³/mol. The number of rotatable bonds is 4. The number of piperidine rings is 1. The van der Waals surface area contributed by atoms with Gasteiger partial charge < -0.3 is 16.0 Å².